The van der Waals surface area contributed by atoms with Crippen LogP contribution in [-0.2, 0) is 9.59 Å². The number of amides is 3. The fraction of sp³-hybridized carbons (Fsp3) is 0.172. The van der Waals surface area contributed by atoms with Crippen molar-refractivity contribution in [1.29, 1.82) is 0 Å². The van der Waals surface area contributed by atoms with Crippen LogP contribution in [0.1, 0.15) is 23.2 Å². The van der Waals surface area contributed by atoms with E-state index in [0.717, 1.165) is 0 Å². The highest BCUT2D eigenvalue weighted by Gasteiger charge is 2.56. The number of pyridine rings is 1. The molecule has 39 heavy (non-hydrogen) atoms. The highest BCUT2D eigenvalue weighted by atomic mass is 16.5. The summed E-state index contributed by atoms with van der Waals surface area (Å²) in [5.74, 6) is 0.619. The summed E-state index contributed by atoms with van der Waals surface area (Å²) in [5, 5.41) is 6.23. The van der Waals surface area contributed by atoms with Crippen LogP contribution >= 0.6 is 0 Å². The zero-order chi connectivity index (χ0) is 27.6. The minimum atomic E-state index is -1.11. The minimum absolute atomic E-state index is 0.214. The van der Waals surface area contributed by atoms with E-state index in [4.69, 9.17) is 19.9 Å². The molecule has 198 valence electrons. The van der Waals surface area contributed by atoms with Crippen molar-refractivity contribution in [2.75, 3.05) is 24.9 Å². The number of carbonyl (C=O) groups excluding carboxylic acids is 3. The summed E-state index contributed by atoms with van der Waals surface area (Å²) in [6.07, 6.45) is 2.52. The van der Waals surface area contributed by atoms with Gasteiger partial charge in [0.05, 0.1) is 25.3 Å². The number of benzene rings is 3. The number of hydrogen-bond acceptors (Lipinski definition) is 7. The molecule has 1 saturated carbocycles. The van der Waals surface area contributed by atoms with Crippen molar-refractivity contribution in [2.24, 2.45) is 11.1 Å². The van der Waals surface area contributed by atoms with Gasteiger partial charge in [0.1, 0.15) is 28.4 Å². The van der Waals surface area contributed by atoms with Crippen LogP contribution in [-0.4, -0.2) is 36.9 Å². The number of hydrogen-bond donors (Lipinski definition) is 3. The lowest BCUT2D eigenvalue weighted by molar-refractivity contribution is -0.131. The molecule has 1 aromatic heterocycles. The Morgan fingerprint density at radius 2 is 1.38 bits per heavy atom. The van der Waals surface area contributed by atoms with Gasteiger partial charge in [-0.3, -0.25) is 19.4 Å². The Bertz CT molecular complexity index is 1560. The Kier molecular flexibility index (Phi) is 6.76. The zero-order valence-electron chi connectivity index (χ0n) is 21.3. The maximum absolute atomic E-state index is 13.0. The fourth-order valence-electron chi connectivity index (χ4n) is 4.19. The van der Waals surface area contributed by atoms with Crippen LogP contribution in [0.15, 0.2) is 72.9 Å². The first-order valence-corrected chi connectivity index (χ1v) is 12.1. The molecular formula is C29H26N4O6. The molecule has 1 aliphatic carbocycles. The normalized spacial score (nSPS) is 13.3. The van der Waals surface area contributed by atoms with E-state index in [1.54, 1.807) is 80.0 Å². The molecule has 1 fully saturated rings. The number of fused-ring (bicyclic) bond motifs is 1. The van der Waals surface area contributed by atoms with Gasteiger partial charge in [0.15, 0.2) is 0 Å². The predicted molar refractivity (Wildman–Crippen MR) is 145 cm³/mol. The Morgan fingerprint density at radius 3 is 1.90 bits per heavy atom. The van der Waals surface area contributed by atoms with Crippen LogP contribution in [0.2, 0.25) is 0 Å². The highest BCUT2D eigenvalue weighted by Crippen LogP contribution is 2.47. The third-order valence-corrected chi connectivity index (χ3v) is 6.60. The van der Waals surface area contributed by atoms with Gasteiger partial charge < -0.3 is 30.6 Å². The molecule has 1 heterocycles. The third kappa shape index (κ3) is 5.17. The Hall–Kier alpha value is -5.12. The monoisotopic (exact) mass is 526 g/mol. The summed E-state index contributed by atoms with van der Waals surface area (Å²) in [6, 6.07) is 18.6. The molecule has 10 nitrogen and oxygen atoms in total. The summed E-state index contributed by atoms with van der Waals surface area (Å²) in [4.78, 5) is 42.1. The van der Waals surface area contributed by atoms with Gasteiger partial charge in [-0.2, -0.15) is 0 Å². The third-order valence-electron chi connectivity index (χ3n) is 6.60. The first kappa shape index (κ1) is 25.5. The number of ether oxygens (including phenoxy) is 3. The van der Waals surface area contributed by atoms with Crippen LogP contribution in [0, 0.1) is 5.41 Å². The van der Waals surface area contributed by atoms with Gasteiger partial charge in [-0.05, 0) is 73.5 Å². The molecule has 3 amide bonds. The van der Waals surface area contributed by atoms with E-state index in [-0.39, 0.29) is 17.4 Å². The van der Waals surface area contributed by atoms with Crippen LogP contribution in [0.3, 0.4) is 0 Å². The number of nitrogens with one attached hydrogen (secondary N) is 2. The van der Waals surface area contributed by atoms with Crippen molar-refractivity contribution in [3.8, 4) is 23.0 Å². The molecule has 3 aromatic carbocycles. The Balaban J connectivity index is 1.27. The van der Waals surface area contributed by atoms with Crippen LogP contribution in [0.5, 0.6) is 23.0 Å². The smallest absolute Gasteiger partial charge is 0.252 e. The molecule has 0 saturated heterocycles. The van der Waals surface area contributed by atoms with Gasteiger partial charge in [-0.25, -0.2) is 0 Å². The van der Waals surface area contributed by atoms with Crippen molar-refractivity contribution >= 4 is 40.0 Å². The lowest BCUT2D eigenvalue weighted by Crippen LogP contribution is -2.35. The molecule has 5 rings (SSSR count). The number of rotatable bonds is 9. The fourth-order valence-corrected chi connectivity index (χ4v) is 4.19. The molecular weight excluding hydrogens is 500 g/mol. The molecule has 0 aliphatic heterocycles. The Labute approximate surface area is 224 Å². The molecule has 0 atom stereocenters. The molecule has 0 spiro atoms. The maximum Gasteiger partial charge on any atom is 0.252 e. The molecule has 0 unspecified atom stereocenters. The summed E-state index contributed by atoms with van der Waals surface area (Å²) >= 11 is 0. The number of anilines is 2. The van der Waals surface area contributed by atoms with E-state index in [9.17, 15) is 14.4 Å². The van der Waals surface area contributed by atoms with Crippen molar-refractivity contribution in [3.63, 3.8) is 0 Å². The summed E-state index contributed by atoms with van der Waals surface area (Å²) < 4.78 is 16.4. The van der Waals surface area contributed by atoms with Crippen LogP contribution in [0.25, 0.3) is 10.9 Å². The molecule has 1 aliphatic rings. The average Bonchev–Trinajstić information content (AvgIpc) is 3.76. The quantitative estimate of drug-likeness (QED) is 0.273. The standard InChI is InChI=1S/C29H26N4O6/c1-37-19-7-3-17(4-8-19)32-27(35)29(12-13-29)28(36)33-18-5-9-20(10-6-18)39-24-11-14-31-23-16-25(38-2)22(26(30)34)15-21(23)24/h3-11,14-16H,12-13H2,1-2H3,(H2,30,34)(H,32,35)(H,33,36). The number of carbonyl (C=O) groups is 3. The lowest BCUT2D eigenvalue weighted by atomic mass is 10.0. The van der Waals surface area contributed by atoms with Gasteiger partial charge >= 0.3 is 0 Å². The van der Waals surface area contributed by atoms with E-state index in [0.29, 0.717) is 58.1 Å². The largest absolute Gasteiger partial charge is 0.497 e. The average molecular weight is 527 g/mol. The van der Waals surface area contributed by atoms with Crippen molar-refractivity contribution < 1.29 is 28.6 Å². The molecule has 4 aromatic rings. The van der Waals surface area contributed by atoms with Gasteiger partial charge in [0.25, 0.3) is 5.91 Å². The number of nitrogens with two attached hydrogens (primary N) is 1. The predicted octanol–water partition coefficient (Wildman–Crippen LogP) is 4.50. The summed E-state index contributed by atoms with van der Waals surface area (Å²) in [7, 11) is 3.02. The van der Waals surface area contributed by atoms with Gasteiger partial charge in [0, 0.05) is 29.0 Å². The van der Waals surface area contributed by atoms with E-state index in [1.807, 2.05) is 0 Å². The zero-order valence-corrected chi connectivity index (χ0v) is 21.3. The number of nitrogens with zero attached hydrogens (tertiary/aromatic N) is 1. The molecule has 4 N–H and O–H groups in total. The van der Waals surface area contributed by atoms with E-state index in [2.05, 4.69) is 15.6 Å². The first-order chi connectivity index (χ1) is 18.8. The Morgan fingerprint density at radius 1 is 0.795 bits per heavy atom. The van der Waals surface area contributed by atoms with E-state index < -0.39 is 11.3 Å². The van der Waals surface area contributed by atoms with Gasteiger partial charge in [-0.15, -0.1) is 0 Å². The second kappa shape index (κ2) is 10.3. The van der Waals surface area contributed by atoms with Crippen molar-refractivity contribution in [3.05, 3.63) is 78.5 Å². The van der Waals surface area contributed by atoms with E-state index in [1.165, 1.54) is 7.11 Å². The maximum atomic E-state index is 13.0. The lowest BCUT2D eigenvalue weighted by Gasteiger charge is -2.16. The topological polar surface area (TPSA) is 142 Å². The number of aromatic nitrogens is 1. The first-order valence-electron chi connectivity index (χ1n) is 12.1. The summed E-state index contributed by atoms with van der Waals surface area (Å²) in [6.45, 7) is 0. The minimum Gasteiger partial charge on any atom is -0.497 e. The van der Waals surface area contributed by atoms with Gasteiger partial charge in [0.2, 0.25) is 11.8 Å². The van der Waals surface area contributed by atoms with Crippen molar-refractivity contribution in [1.82, 2.24) is 4.98 Å². The number of methoxy groups -OCH3 is 2. The molecule has 0 bridgehead atoms. The number of primary amides is 1. The van der Waals surface area contributed by atoms with Crippen LogP contribution in [0.4, 0.5) is 11.4 Å². The second-order valence-electron chi connectivity index (χ2n) is 9.09. The van der Waals surface area contributed by atoms with Gasteiger partial charge in [-0.1, -0.05) is 0 Å². The SMILES string of the molecule is COc1ccc(NC(=O)C2(C(=O)Nc3ccc(Oc4ccnc5cc(OC)c(C(N)=O)cc45)cc3)CC2)cc1. The molecule has 0 radical (unpaired) electrons. The second-order valence-corrected chi connectivity index (χ2v) is 9.09. The molecule has 10 heteroatoms. The van der Waals surface area contributed by atoms with Crippen LogP contribution < -0.4 is 30.6 Å². The summed E-state index contributed by atoms with van der Waals surface area (Å²) in [5.41, 5.74) is 6.29. The van der Waals surface area contributed by atoms with E-state index >= 15 is 0 Å². The van der Waals surface area contributed by atoms with Crippen molar-refractivity contribution in [2.45, 2.75) is 12.8 Å². The highest BCUT2D eigenvalue weighted by molar-refractivity contribution is 6.17.